The molecule has 0 aliphatic carbocycles. The molecule has 0 unspecified atom stereocenters. The molecule has 0 amide bonds. The van der Waals surface area contributed by atoms with Crippen molar-refractivity contribution < 1.29 is 17.6 Å². The lowest BCUT2D eigenvalue weighted by atomic mass is 10.1. The Labute approximate surface area is 93.1 Å². The van der Waals surface area contributed by atoms with Crippen molar-refractivity contribution in [3.63, 3.8) is 0 Å². The van der Waals surface area contributed by atoms with Crippen LogP contribution in [0.4, 0.5) is 17.6 Å². The van der Waals surface area contributed by atoms with Gasteiger partial charge in [0.25, 0.3) is 0 Å². The first-order valence-electron chi connectivity index (χ1n) is 3.64. The van der Waals surface area contributed by atoms with Gasteiger partial charge in [-0.2, -0.15) is 13.2 Å². The Morgan fingerprint density at radius 2 is 1.73 bits per heavy atom. The van der Waals surface area contributed by atoms with Crippen molar-refractivity contribution in [1.82, 2.24) is 0 Å². The van der Waals surface area contributed by atoms with E-state index in [0.29, 0.717) is 0 Å². The molecule has 0 saturated heterocycles. The molecule has 1 aromatic rings. The molecule has 0 heterocycles. The molecule has 82 valence electrons. The Morgan fingerprint density at radius 3 is 2.20 bits per heavy atom. The van der Waals surface area contributed by atoms with Crippen molar-refractivity contribution in [2.45, 2.75) is 6.18 Å². The maximum absolute atomic E-state index is 13.2. The molecule has 0 saturated carbocycles. The van der Waals surface area contributed by atoms with Crippen molar-refractivity contribution in [1.29, 1.82) is 0 Å². The summed E-state index contributed by atoms with van der Waals surface area (Å²) in [6.07, 6.45) is -4.71. The molecule has 0 aliphatic heterocycles. The normalized spacial score (nSPS) is 11.6. The third-order valence-electron chi connectivity index (χ3n) is 1.66. The molecular formula is C9H4Cl2F4. The Bertz CT molecular complexity index is 409. The summed E-state index contributed by atoms with van der Waals surface area (Å²) in [5, 5.41) is -0.551. The van der Waals surface area contributed by atoms with Gasteiger partial charge in [0, 0.05) is 10.6 Å². The SMILES string of the molecule is C=C(c1cc(Cl)cc(Cl)c1F)C(F)(F)F. The van der Waals surface area contributed by atoms with E-state index in [0.717, 1.165) is 12.1 Å². The summed E-state index contributed by atoms with van der Waals surface area (Å²) in [5.41, 5.74) is -2.05. The molecule has 0 nitrogen and oxygen atoms in total. The van der Waals surface area contributed by atoms with E-state index in [1.54, 1.807) is 0 Å². The van der Waals surface area contributed by atoms with Crippen LogP contribution in [0.1, 0.15) is 5.56 Å². The molecule has 0 bridgehead atoms. The predicted octanol–water partition coefficient (Wildman–Crippen LogP) is 4.71. The summed E-state index contributed by atoms with van der Waals surface area (Å²) in [6.45, 7) is 2.76. The van der Waals surface area contributed by atoms with E-state index < -0.39 is 28.2 Å². The van der Waals surface area contributed by atoms with Gasteiger partial charge in [-0.1, -0.05) is 29.8 Å². The minimum Gasteiger partial charge on any atom is -0.205 e. The van der Waals surface area contributed by atoms with Crippen LogP contribution in [0.2, 0.25) is 10.0 Å². The molecule has 15 heavy (non-hydrogen) atoms. The van der Waals surface area contributed by atoms with Crippen LogP contribution in [-0.4, -0.2) is 6.18 Å². The van der Waals surface area contributed by atoms with E-state index in [4.69, 9.17) is 23.2 Å². The summed E-state index contributed by atoms with van der Waals surface area (Å²) < 4.78 is 49.9. The number of alkyl halides is 3. The maximum Gasteiger partial charge on any atom is 0.416 e. The van der Waals surface area contributed by atoms with Crippen LogP contribution >= 0.6 is 23.2 Å². The first kappa shape index (κ1) is 12.3. The van der Waals surface area contributed by atoms with Crippen LogP contribution in [0.25, 0.3) is 5.57 Å². The van der Waals surface area contributed by atoms with Crippen molar-refractivity contribution in [3.8, 4) is 0 Å². The fraction of sp³-hybridized carbons (Fsp3) is 0.111. The highest BCUT2D eigenvalue weighted by Gasteiger charge is 2.35. The number of hydrogen-bond acceptors (Lipinski definition) is 0. The molecule has 0 atom stereocenters. The lowest BCUT2D eigenvalue weighted by molar-refractivity contribution is -0.0688. The highest BCUT2D eigenvalue weighted by molar-refractivity contribution is 6.35. The van der Waals surface area contributed by atoms with Crippen LogP contribution in [0.5, 0.6) is 0 Å². The van der Waals surface area contributed by atoms with Gasteiger partial charge in [-0.05, 0) is 12.1 Å². The fourth-order valence-electron chi connectivity index (χ4n) is 0.928. The summed E-state index contributed by atoms with van der Waals surface area (Å²) in [4.78, 5) is 0. The second-order valence-corrected chi connectivity index (χ2v) is 3.57. The van der Waals surface area contributed by atoms with E-state index >= 15 is 0 Å². The molecule has 0 radical (unpaired) electrons. The third-order valence-corrected chi connectivity index (χ3v) is 2.15. The van der Waals surface area contributed by atoms with Gasteiger partial charge in [-0.15, -0.1) is 0 Å². The fourth-order valence-corrected chi connectivity index (χ4v) is 1.42. The largest absolute Gasteiger partial charge is 0.416 e. The van der Waals surface area contributed by atoms with E-state index in [1.807, 2.05) is 0 Å². The molecule has 1 rings (SSSR count). The van der Waals surface area contributed by atoms with Gasteiger partial charge < -0.3 is 0 Å². The van der Waals surface area contributed by atoms with Crippen molar-refractivity contribution in [3.05, 3.63) is 40.1 Å². The van der Waals surface area contributed by atoms with Gasteiger partial charge in [0.1, 0.15) is 5.82 Å². The minimum absolute atomic E-state index is 0.0817. The first-order valence-corrected chi connectivity index (χ1v) is 4.40. The second-order valence-electron chi connectivity index (χ2n) is 2.73. The van der Waals surface area contributed by atoms with Gasteiger partial charge in [0.15, 0.2) is 0 Å². The van der Waals surface area contributed by atoms with Crippen LogP contribution in [-0.2, 0) is 0 Å². The first-order chi connectivity index (χ1) is 6.73. The number of benzene rings is 1. The highest BCUT2D eigenvalue weighted by Crippen LogP contribution is 2.36. The molecule has 0 fully saturated rings. The molecule has 6 heteroatoms. The minimum atomic E-state index is -4.71. The summed E-state index contributed by atoms with van der Waals surface area (Å²) >= 11 is 10.8. The molecule has 1 aromatic carbocycles. The van der Waals surface area contributed by atoms with E-state index in [-0.39, 0.29) is 5.02 Å². The summed E-state index contributed by atoms with van der Waals surface area (Å²) in [6, 6.07) is 1.85. The summed E-state index contributed by atoms with van der Waals surface area (Å²) in [5.74, 6) is -1.18. The Kier molecular flexibility index (Phi) is 3.31. The highest BCUT2D eigenvalue weighted by atomic mass is 35.5. The molecule has 0 aromatic heterocycles. The number of halogens is 6. The smallest absolute Gasteiger partial charge is 0.205 e. The quantitative estimate of drug-likeness (QED) is 0.506. The second kappa shape index (κ2) is 4.02. The average molecular weight is 259 g/mol. The zero-order valence-corrected chi connectivity index (χ0v) is 8.64. The maximum atomic E-state index is 13.2. The number of hydrogen-bond donors (Lipinski definition) is 0. The zero-order valence-electron chi connectivity index (χ0n) is 7.13. The van der Waals surface area contributed by atoms with Crippen LogP contribution < -0.4 is 0 Å². The van der Waals surface area contributed by atoms with Gasteiger partial charge in [-0.25, -0.2) is 4.39 Å². The molecular weight excluding hydrogens is 255 g/mol. The lowest BCUT2D eigenvalue weighted by Gasteiger charge is -2.11. The average Bonchev–Trinajstić information content (AvgIpc) is 2.08. The van der Waals surface area contributed by atoms with Gasteiger partial charge >= 0.3 is 6.18 Å². The molecule has 0 aliphatic rings. The Hall–Kier alpha value is -0.740. The van der Waals surface area contributed by atoms with Crippen LogP contribution in [0.3, 0.4) is 0 Å². The topological polar surface area (TPSA) is 0 Å². The lowest BCUT2D eigenvalue weighted by Crippen LogP contribution is -2.11. The van der Waals surface area contributed by atoms with Crippen molar-refractivity contribution >= 4 is 28.8 Å². The Balaban J connectivity index is 3.32. The third kappa shape index (κ3) is 2.63. The van der Waals surface area contributed by atoms with E-state index in [2.05, 4.69) is 6.58 Å². The van der Waals surface area contributed by atoms with Gasteiger partial charge in [-0.3, -0.25) is 0 Å². The van der Waals surface area contributed by atoms with Crippen molar-refractivity contribution in [2.24, 2.45) is 0 Å². The predicted molar refractivity (Wildman–Crippen MR) is 51.5 cm³/mol. The Morgan fingerprint density at radius 1 is 1.20 bits per heavy atom. The zero-order chi connectivity index (χ0) is 11.8. The van der Waals surface area contributed by atoms with E-state index in [1.165, 1.54) is 0 Å². The monoisotopic (exact) mass is 258 g/mol. The van der Waals surface area contributed by atoms with Crippen LogP contribution in [0.15, 0.2) is 18.7 Å². The van der Waals surface area contributed by atoms with Gasteiger partial charge in [0.05, 0.1) is 10.6 Å². The molecule has 0 N–H and O–H groups in total. The number of rotatable bonds is 1. The molecule has 0 spiro atoms. The standard InChI is InChI=1S/C9H4Cl2F4/c1-4(9(13,14)15)6-2-5(10)3-7(11)8(6)12/h2-3H,1H2. The van der Waals surface area contributed by atoms with Gasteiger partial charge in [0.2, 0.25) is 0 Å². The van der Waals surface area contributed by atoms with E-state index in [9.17, 15) is 17.6 Å². The number of allylic oxidation sites excluding steroid dienone is 1. The summed E-state index contributed by atoms with van der Waals surface area (Å²) in [7, 11) is 0. The van der Waals surface area contributed by atoms with Crippen molar-refractivity contribution in [2.75, 3.05) is 0 Å². The van der Waals surface area contributed by atoms with Crippen LogP contribution in [0, 0.1) is 5.82 Å².